The molecule has 136 valence electrons. The van der Waals surface area contributed by atoms with Crippen LogP contribution in [-0.2, 0) is 11.2 Å². The van der Waals surface area contributed by atoms with Crippen molar-refractivity contribution in [1.82, 2.24) is 5.32 Å². The van der Waals surface area contributed by atoms with Gasteiger partial charge in [0.05, 0.1) is 5.56 Å². The maximum Gasteiger partial charge on any atom is 0.316 e. The number of thioether (sulfide) groups is 1. The van der Waals surface area contributed by atoms with E-state index in [0.29, 0.717) is 22.9 Å². The molecule has 0 heterocycles. The standard InChI is InChI=1S/C21H23NO3S/c1-14(21(24)25)26-19-12-5-4-11-18(19)20(23)22-13-16-9-6-8-15-7-2-3-10-17(15)16/h2-5,7,10-12,14,16H,6,8-9,13H2,1H3,(H,22,23)(H,24,25). The zero-order valence-corrected chi connectivity index (χ0v) is 15.6. The van der Waals surface area contributed by atoms with Crippen molar-refractivity contribution in [1.29, 1.82) is 0 Å². The van der Waals surface area contributed by atoms with Gasteiger partial charge in [0.15, 0.2) is 0 Å². The lowest BCUT2D eigenvalue weighted by molar-refractivity contribution is -0.136. The Morgan fingerprint density at radius 2 is 1.92 bits per heavy atom. The number of nitrogens with one attached hydrogen (secondary N) is 1. The summed E-state index contributed by atoms with van der Waals surface area (Å²) >= 11 is 1.20. The molecule has 2 atom stereocenters. The molecule has 0 aliphatic heterocycles. The number of carbonyl (C=O) groups is 2. The average Bonchev–Trinajstić information content (AvgIpc) is 2.66. The van der Waals surface area contributed by atoms with E-state index in [9.17, 15) is 9.59 Å². The minimum atomic E-state index is -0.885. The number of carboxylic acid groups (broad SMARTS) is 1. The molecule has 0 fully saturated rings. The van der Waals surface area contributed by atoms with E-state index >= 15 is 0 Å². The van der Waals surface area contributed by atoms with Gasteiger partial charge in [0.1, 0.15) is 5.25 Å². The van der Waals surface area contributed by atoms with Gasteiger partial charge in [0.25, 0.3) is 5.91 Å². The fraction of sp³-hybridized carbons (Fsp3) is 0.333. The molecular formula is C21H23NO3S. The predicted octanol–water partition coefficient (Wildman–Crippen LogP) is 4.10. The van der Waals surface area contributed by atoms with Gasteiger partial charge in [-0.15, -0.1) is 11.8 Å². The van der Waals surface area contributed by atoms with Gasteiger partial charge in [-0.2, -0.15) is 0 Å². The quantitative estimate of drug-likeness (QED) is 0.752. The summed E-state index contributed by atoms with van der Waals surface area (Å²) in [6.45, 7) is 2.23. The largest absolute Gasteiger partial charge is 0.480 e. The number of aryl methyl sites for hydroxylation is 1. The minimum absolute atomic E-state index is 0.145. The number of aliphatic carboxylic acids is 1. The molecule has 2 unspecified atom stereocenters. The molecule has 4 nitrogen and oxygen atoms in total. The van der Waals surface area contributed by atoms with Crippen LogP contribution in [0.4, 0.5) is 0 Å². The van der Waals surface area contributed by atoms with E-state index in [4.69, 9.17) is 5.11 Å². The van der Waals surface area contributed by atoms with E-state index in [1.807, 2.05) is 6.07 Å². The van der Waals surface area contributed by atoms with E-state index in [2.05, 4.69) is 29.6 Å². The number of hydrogen-bond donors (Lipinski definition) is 2. The van der Waals surface area contributed by atoms with Crippen LogP contribution in [0.2, 0.25) is 0 Å². The molecule has 2 aromatic rings. The first kappa shape index (κ1) is 18.5. The van der Waals surface area contributed by atoms with E-state index in [0.717, 1.165) is 19.3 Å². The monoisotopic (exact) mass is 369 g/mol. The first-order valence-corrected chi connectivity index (χ1v) is 9.78. The highest BCUT2D eigenvalue weighted by molar-refractivity contribution is 8.00. The van der Waals surface area contributed by atoms with Crippen LogP contribution in [0.3, 0.4) is 0 Å². The molecule has 1 aliphatic rings. The average molecular weight is 369 g/mol. The number of fused-ring (bicyclic) bond motifs is 1. The topological polar surface area (TPSA) is 66.4 Å². The summed E-state index contributed by atoms with van der Waals surface area (Å²) in [6, 6.07) is 15.6. The molecule has 2 aromatic carbocycles. The van der Waals surface area contributed by atoms with Crippen LogP contribution in [0.15, 0.2) is 53.4 Å². The number of benzene rings is 2. The zero-order valence-electron chi connectivity index (χ0n) is 14.8. The second-order valence-electron chi connectivity index (χ2n) is 6.59. The molecule has 5 heteroatoms. The molecule has 26 heavy (non-hydrogen) atoms. The molecule has 0 aromatic heterocycles. The van der Waals surface area contributed by atoms with Crippen molar-refractivity contribution >= 4 is 23.6 Å². The maximum atomic E-state index is 12.7. The summed E-state index contributed by atoms with van der Waals surface area (Å²) in [6.07, 6.45) is 3.32. The van der Waals surface area contributed by atoms with Crippen LogP contribution in [0.5, 0.6) is 0 Å². The van der Waals surface area contributed by atoms with E-state index in [-0.39, 0.29) is 5.91 Å². The number of carboxylic acids is 1. The lowest BCUT2D eigenvalue weighted by Gasteiger charge is -2.25. The van der Waals surface area contributed by atoms with Crippen LogP contribution in [0.25, 0.3) is 0 Å². The van der Waals surface area contributed by atoms with Gasteiger partial charge < -0.3 is 10.4 Å². The lowest BCUT2D eigenvalue weighted by Crippen LogP contribution is -2.30. The number of carbonyl (C=O) groups excluding carboxylic acids is 1. The number of amides is 1. The molecule has 0 bridgehead atoms. The normalized spacial score (nSPS) is 17.2. The van der Waals surface area contributed by atoms with Crippen molar-refractivity contribution in [2.75, 3.05) is 6.54 Å². The molecule has 1 amide bonds. The summed E-state index contributed by atoms with van der Waals surface area (Å²) in [7, 11) is 0. The van der Waals surface area contributed by atoms with Gasteiger partial charge in [0, 0.05) is 17.4 Å². The first-order chi connectivity index (χ1) is 12.6. The van der Waals surface area contributed by atoms with Crippen molar-refractivity contribution in [3.05, 3.63) is 65.2 Å². The highest BCUT2D eigenvalue weighted by atomic mass is 32.2. The highest BCUT2D eigenvalue weighted by Crippen LogP contribution is 2.31. The van der Waals surface area contributed by atoms with E-state index in [1.54, 1.807) is 25.1 Å². The molecular weight excluding hydrogens is 346 g/mol. The Balaban J connectivity index is 1.69. The number of rotatable bonds is 6. The third-order valence-corrected chi connectivity index (χ3v) is 5.95. The molecule has 2 N–H and O–H groups in total. The fourth-order valence-corrected chi connectivity index (χ4v) is 4.30. The van der Waals surface area contributed by atoms with Crippen molar-refractivity contribution < 1.29 is 14.7 Å². The van der Waals surface area contributed by atoms with Crippen LogP contribution in [0, 0.1) is 0 Å². The molecule has 0 saturated carbocycles. The van der Waals surface area contributed by atoms with Crippen molar-refractivity contribution in [2.45, 2.75) is 42.2 Å². The summed E-state index contributed by atoms with van der Waals surface area (Å²) in [5.41, 5.74) is 3.25. The fourth-order valence-electron chi connectivity index (χ4n) is 3.38. The maximum absolute atomic E-state index is 12.7. The van der Waals surface area contributed by atoms with Crippen molar-refractivity contribution in [2.24, 2.45) is 0 Å². The first-order valence-electron chi connectivity index (χ1n) is 8.90. The molecule has 3 rings (SSSR count). The third-order valence-electron chi connectivity index (χ3n) is 4.79. The SMILES string of the molecule is CC(Sc1ccccc1C(=O)NCC1CCCc2ccccc21)C(=O)O. The molecule has 0 saturated heterocycles. The smallest absolute Gasteiger partial charge is 0.316 e. The molecule has 0 spiro atoms. The van der Waals surface area contributed by atoms with Crippen molar-refractivity contribution in [3.63, 3.8) is 0 Å². The minimum Gasteiger partial charge on any atom is -0.480 e. The van der Waals surface area contributed by atoms with Gasteiger partial charge >= 0.3 is 5.97 Å². The Bertz CT molecular complexity index is 805. The second-order valence-corrected chi connectivity index (χ2v) is 7.98. The highest BCUT2D eigenvalue weighted by Gasteiger charge is 2.22. The Morgan fingerprint density at radius 1 is 1.19 bits per heavy atom. The van der Waals surface area contributed by atoms with Gasteiger partial charge in [-0.1, -0.05) is 36.4 Å². The Kier molecular flexibility index (Phi) is 5.99. The summed E-state index contributed by atoms with van der Waals surface area (Å²) in [5, 5.41) is 11.6. The van der Waals surface area contributed by atoms with Gasteiger partial charge in [-0.25, -0.2) is 0 Å². The van der Waals surface area contributed by atoms with Crippen molar-refractivity contribution in [3.8, 4) is 0 Å². The summed E-state index contributed by atoms with van der Waals surface area (Å²) in [4.78, 5) is 24.5. The van der Waals surface area contributed by atoms with Crippen LogP contribution < -0.4 is 5.32 Å². The molecule has 1 aliphatic carbocycles. The summed E-state index contributed by atoms with van der Waals surface area (Å²) < 4.78 is 0. The van der Waals surface area contributed by atoms with E-state index in [1.165, 1.54) is 22.9 Å². The van der Waals surface area contributed by atoms with Gasteiger partial charge in [0.2, 0.25) is 0 Å². The Hall–Kier alpha value is -2.27. The Labute approximate surface area is 158 Å². The van der Waals surface area contributed by atoms with Crippen LogP contribution in [0.1, 0.15) is 47.2 Å². The third kappa shape index (κ3) is 4.28. The predicted molar refractivity (Wildman–Crippen MR) is 104 cm³/mol. The number of hydrogen-bond acceptors (Lipinski definition) is 3. The van der Waals surface area contributed by atoms with Gasteiger partial charge in [-0.3, -0.25) is 9.59 Å². The Morgan fingerprint density at radius 3 is 2.73 bits per heavy atom. The zero-order chi connectivity index (χ0) is 18.5. The second kappa shape index (κ2) is 8.41. The van der Waals surface area contributed by atoms with E-state index < -0.39 is 11.2 Å². The molecule has 0 radical (unpaired) electrons. The van der Waals surface area contributed by atoms with Crippen LogP contribution in [-0.4, -0.2) is 28.8 Å². The lowest BCUT2D eigenvalue weighted by atomic mass is 9.83. The summed E-state index contributed by atoms with van der Waals surface area (Å²) in [5.74, 6) is -0.695. The van der Waals surface area contributed by atoms with Crippen LogP contribution >= 0.6 is 11.8 Å². The van der Waals surface area contributed by atoms with Gasteiger partial charge in [-0.05, 0) is 49.4 Å².